The van der Waals surface area contributed by atoms with Crippen LogP contribution in [-0.2, 0) is 25.5 Å². The maximum Gasteiger partial charge on any atom is 0.330 e. The average molecular weight is 589 g/mol. The van der Waals surface area contributed by atoms with Crippen LogP contribution in [0.4, 0.5) is 27.2 Å². The topological polar surface area (TPSA) is 118 Å². The Hall–Kier alpha value is -4.55. The number of esters is 2. The van der Waals surface area contributed by atoms with Gasteiger partial charge in [0.15, 0.2) is 0 Å². The van der Waals surface area contributed by atoms with Gasteiger partial charge in [-0.25, -0.2) is 14.6 Å². The van der Waals surface area contributed by atoms with Crippen LogP contribution in [0, 0.1) is 0 Å². The fourth-order valence-corrected chi connectivity index (χ4v) is 5.43. The molecule has 0 saturated carbocycles. The smallest absolute Gasteiger partial charge is 0.330 e. The summed E-state index contributed by atoms with van der Waals surface area (Å²) in [5.41, 5.74) is 3.46. The Morgan fingerprint density at radius 2 is 1.51 bits per heavy atom. The number of hydrogen-bond donors (Lipinski definition) is 0. The largest absolute Gasteiger partial charge is 0.462 e. The number of benzene rings is 2. The molecule has 0 amide bonds. The molecule has 10 nitrogen and oxygen atoms in total. The lowest BCUT2D eigenvalue weighted by atomic mass is 10.1. The van der Waals surface area contributed by atoms with E-state index in [9.17, 15) is 9.59 Å². The van der Waals surface area contributed by atoms with Crippen LogP contribution in [-0.4, -0.2) is 43.2 Å². The second kappa shape index (κ2) is 14.7. The van der Waals surface area contributed by atoms with Crippen molar-refractivity contribution in [3.05, 3.63) is 85.5 Å². The Labute approximate surface area is 245 Å². The molecule has 0 spiro atoms. The first-order chi connectivity index (χ1) is 20.0. The van der Waals surface area contributed by atoms with E-state index >= 15 is 0 Å². The van der Waals surface area contributed by atoms with Crippen LogP contribution < -0.4 is 4.90 Å². The lowest BCUT2D eigenvalue weighted by Gasteiger charge is -2.22. The number of nitrogens with zero attached hydrogens (tertiary/aromatic N) is 6. The second-order valence-electron chi connectivity index (χ2n) is 8.41. The van der Waals surface area contributed by atoms with Gasteiger partial charge in [0.25, 0.3) is 0 Å². The minimum Gasteiger partial charge on any atom is -0.462 e. The van der Waals surface area contributed by atoms with Crippen molar-refractivity contribution >= 4 is 71.3 Å². The summed E-state index contributed by atoms with van der Waals surface area (Å²) in [6, 6.07) is 17.2. The van der Waals surface area contributed by atoms with E-state index in [1.807, 2.05) is 61.5 Å². The maximum absolute atomic E-state index is 11.2. The summed E-state index contributed by atoms with van der Waals surface area (Å²) in [4.78, 5) is 29.8. The van der Waals surface area contributed by atoms with E-state index in [0.29, 0.717) is 30.4 Å². The molecule has 0 aliphatic heterocycles. The average Bonchev–Trinajstić information content (AvgIpc) is 3.56. The van der Waals surface area contributed by atoms with Gasteiger partial charge in [0.2, 0.25) is 5.13 Å². The molecule has 41 heavy (non-hydrogen) atoms. The van der Waals surface area contributed by atoms with Gasteiger partial charge >= 0.3 is 11.9 Å². The first-order valence-corrected chi connectivity index (χ1v) is 14.4. The van der Waals surface area contributed by atoms with Gasteiger partial charge in [0.1, 0.15) is 16.4 Å². The summed E-state index contributed by atoms with van der Waals surface area (Å²) in [6.45, 7) is 10.8. The van der Waals surface area contributed by atoms with Gasteiger partial charge in [0, 0.05) is 30.8 Å². The molecule has 4 rings (SSSR count). The van der Waals surface area contributed by atoms with Gasteiger partial charge in [-0.2, -0.15) is 0 Å². The number of ether oxygens (including phenoxy) is 2. The van der Waals surface area contributed by atoms with Crippen LogP contribution in [0.5, 0.6) is 0 Å². The summed E-state index contributed by atoms with van der Waals surface area (Å²) < 4.78 is 11.0. The molecular weight excluding hydrogens is 560 g/mol. The van der Waals surface area contributed by atoms with E-state index in [-0.39, 0.29) is 6.61 Å². The zero-order chi connectivity index (χ0) is 29.0. The highest BCUT2D eigenvalue weighted by Gasteiger charge is 2.09. The number of thiophene rings is 1. The molecule has 0 unspecified atom stereocenters. The number of aromatic nitrogens is 1. The summed E-state index contributed by atoms with van der Waals surface area (Å²) in [5.74, 6) is -0.853. The normalized spacial score (nSPS) is 11.2. The molecule has 2 aromatic carbocycles. The van der Waals surface area contributed by atoms with E-state index < -0.39 is 11.9 Å². The standard InChI is InChI=1S/C29H28N6O4S2/c1-4-26(36)38-17-15-20-7-9-21(10-8-20)31-33-25-19-24-28(41-25)30-29(40-24)34-32-22-11-13-23(14-12-22)35(6-3)16-18-39-27(37)5-2/h4-5,7-14,19H,1-2,6,15-18H2,3H3/b33-31+,34-32+. The molecule has 0 aliphatic carbocycles. The van der Waals surface area contributed by atoms with E-state index in [4.69, 9.17) is 9.47 Å². The van der Waals surface area contributed by atoms with Gasteiger partial charge in [-0.15, -0.1) is 20.5 Å². The number of hydrogen-bond acceptors (Lipinski definition) is 12. The highest BCUT2D eigenvalue weighted by molar-refractivity contribution is 7.30. The fraction of sp³-hybridized carbons (Fsp3) is 0.207. The van der Waals surface area contributed by atoms with Crippen LogP contribution in [0.1, 0.15) is 12.5 Å². The lowest BCUT2D eigenvalue weighted by Crippen LogP contribution is -2.27. The molecule has 0 N–H and O–H groups in total. The van der Waals surface area contributed by atoms with Gasteiger partial charge < -0.3 is 14.4 Å². The third-order valence-corrected chi connectivity index (χ3v) is 7.62. The SMILES string of the molecule is C=CC(=O)OCCc1ccc(/N=N/c2cc3sc(/N=N/c4ccc(N(CC)CCOC(=O)C=C)cc4)nc3s2)cc1. The Morgan fingerprint density at radius 1 is 0.878 bits per heavy atom. The Balaban J connectivity index is 1.30. The van der Waals surface area contributed by atoms with Crippen molar-refractivity contribution in [2.24, 2.45) is 20.5 Å². The molecule has 0 atom stereocenters. The third-order valence-electron chi connectivity index (χ3n) is 5.69. The minimum atomic E-state index is -0.427. The molecule has 0 saturated heterocycles. The zero-order valence-corrected chi connectivity index (χ0v) is 24.1. The predicted molar refractivity (Wildman–Crippen MR) is 163 cm³/mol. The van der Waals surface area contributed by atoms with Gasteiger partial charge in [-0.3, -0.25) is 0 Å². The van der Waals surface area contributed by atoms with E-state index in [2.05, 4.69) is 43.5 Å². The van der Waals surface area contributed by atoms with Crippen LogP contribution >= 0.6 is 22.7 Å². The number of anilines is 1. The number of rotatable bonds is 14. The maximum atomic E-state index is 11.2. The lowest BCUT2D eigenvalue weighted by molar-refractivity contribution is -0.138. The van der Waals surface area contributed by atoms with Crippen molar-refractivity contribution in [1.29, 1.82) is 0 Å². The number of likely N-dealkylation sites (N-methyl/N-ethyl adjacent to an activating group) is 1. The van der Waals surface area contributed by atoms with E-state index in [0.717, 1.165) is 50.2 Å². The summed E-state index contributed by atoms with van der Waals surface area (Å²) in [7, 11) is 0. The Kier molecular flexibility index (Phi) is 10.6. The van der Waals surface area contributed by atoms with Crippen LogP contribution in [0.2, 0.25) is 0 Å². The minimum absolute atomic E-state index is 0.287. The quantitative estimate of drug-likeness (QED) is 0.0836. The molecule has 0 radical (unpaired) electrons. The number of fused-ring (bicyclic) bond motifs is 1. The van der Waals surface area contributed by atoms with Crippen molar-refractivity contribution in [2.45, 2.75) is 13.3 Å². The summed E-state index contributed by atoms with van der Waals surface area (Å²) in [5, 5.41) is 18.6. The molecule has 0 fully saturated rings. The van der Waals surface area contributed by atoms with Crippen LogP contribution in [0.15, 0.2) is 100 Å². The first-order valence-electron chi connectivity index (χ1n) is 12.7. The first kappa shape index (κ1) is 29.4. The number of carbonyl (C=O) groups is 2. The molecule has 2 heterocycles. The van der Waals surface area contributed by atoms with Crippen molar-refractivity contribution in [3.8, 4) is 0 Å². The number of azo groups is 2. The monoisotopic (exact) mass is 588 g/mol. The molecular formula is C29H28N6O4S2. The summed E-state index contributed by atoms with van der Waals surface area (Å²) in [6.07, 6.45) is 2.92. The highest BCUT2D eigenvalue weighted by atomic mass is 32.1. The third kappa shape index (κ3) is 8.72. The van der Waals surface area contributed by atoms with Gasteiger partial charge in [-0.05, 0) is 55.0 Å². The van der Waals surface area contributed by atoms with Crippen LogP contribution in [0.25, 0.3) is 9.53 Å². The van der Waals surface area contributed by atoms with Gasteiger partial charge in [-0.1, -0.05) is 48.0 Å². The predicted octanol–water partition coefficient (Wildman–Crippen LogP) is 8.02. The highest BCUT2D eigenvalue weighted by Crippen LogP contribution is 2.39. The van der Waals surface area contributed by atoms with Crippen molar-refractivity contribution in [2.75, 3.05) is 31.2 Å². The Morgan fingerprint density at radius 3 is 2.15 bits per heavy atom. The van der Waals surface area contributed by atoms with Crippen LogP contribution in [0.3, 0.4) is 0 Å². The molecule has 2 aromatic heterocycles. The molecule has 210 valence electrons. The zero-order valence-electron chi connectivity index (χ0n) is 22.4. The van der Waals surface area contributed by atoms with E-state index in [1.54, 1.807) is 0 Å². The Bertz CT molecular complexity index is 1530. The second-order valence-corrected chi connectivity index (χ2v) is 10.4. The molecule has 12 heteroatoms. The van der Waals surface area contributed by atoms with Crippen molar-refractivity contribution in [1.82, 2.24) is 4.98 Å². The van der Waals surface area contributed by atoms with Crippen molar-refractivity contribution in [3.63, 3.8) is 0 Å². The summed E-state index contributed by atoms with van der Waals surface area (Å²) >= 11 is 2.87. The number of thiazole rings is 1. The molecule has 0 aliphatic rings. The van der Waals surface area contributed by atoms with E-state index in [1.165, 1.54) is 22.7 Å². The fourth-order valence-electron chi connectivity index (χ4n) is 3.58. The molecule has 4 aromatic rings. The number of carbonyl (C=O) groups excluding carboxylic acids is 2. The van der Waals surface area contributed by atoms with Crippen molar-refractivity contribution < 1.29 is 19.1 Å². The van der Waals surface area contributed by atoms with Gasteiger partial charge in [0.05, 0.1) is 29.2 Å². The molecule has 0 bridgehead atoms.